The van der Waals surface area contributed by atoms with Gasteiger partial charge >= 0.3 is 6.03 Å². The Labute approximate surface area is 167 Å². The van der Waals surface area contributed by atoms with Crippen molar-refractivity contribution in [2.45, 2.75) is 45.2 Å². The zero-order chi connectivity index (χ0) is 19.9. The van der Waals surface area contributed by atoms with Gasteiger partial charge in [-0.25, -0.2) is 4.79 Å². The first-order chi connectivity index (χ1) is 13.5. The first-order valence-electron chi connectivity index (χ1n) is 9.44. The number of ether oxygens (including phenoxy) is 1. The number of imide groups is 1. The molecule has 1 fully saturated rings. The van der Waals surface area contributed by atoms with E-state index in [1.165, 1.54) is 11.8 Å². The number of carbonyl (C=O) groups is 3. The summed E-state index contributed by atoms with van der Waals surface area (Å²) in [5.74, 6) is 0.273. The molecule has 6 nitrogen and oxygen atoms in total. The van der Waals surface area contributed by atoms with Crippen LogP contribution in [0.5, 0.6) is 5.75 Å². The molecule has 2 aliphatic rings. The molecule has 7 heteroatoms. The second-order valence-corrected chi connectivity index (χ2v) is 8.15. The minimum absolute atomic E-state index is 0.0718. The summed E-state index contributed by atoms with van der Waals surface area (Å²) in [6.07, 6.45) is 2.40. The largest absolute Gasteiger partial charge is 0.494 e. The number of nitrogens with one attached hydrogen (secondary N) is 1. The van der Waals surface area contributed by atoms with Crippen LogP contribution in [0.2, 0.25) is 0 Å². The highest BCUT2D eigenvalue weighted by Gasteiger charge is 2.54. The number of ketones is 1. The maximum Gasteiger partial charge on any atom is 0.325 e. The summed E-state index contributed by atoms with van der Waals surface area (Å²) in [7, 11) is 0. The molecule has 1 aliphatic heterocycles. The quantitative estimate of drug-likeness (QED) is 0.616. The fourth-order valence-electron chi connectivity index (χ4n) is 4.07. The van der Waals surface area contributed by atoms with Crippen LogP contribution in [0.1, 0.15) is 53.1 Å². The van der Waals surface area contributed by atoms with Gasteiger partial charge in [-0.05, 0) is 62.8 Å². The normalized spacial score (nSPS) is 21.0. The zero-order valence-electron chi connectivity index (χ0n) is 15.9. The van der Waals surface area contributed by atoms with Crippen molar-refractivity contribution in [1.82, 2.24) is 10.2 Å². The van der Waals surface area contributed by atoms with Gasteiger partial charge in [0, 0.05) is 21.6 Å². The third-order valence-electron chi connectivity index (χ3n) is 5.43. The van der Waals surface area contributed by atoms with Gasteiger partial charge in [0.2, 0.25) is 0 Å². The number of benzene rings is 1. The lowest BCUT2D eigenvalue weighted by atomic mass is 9.80. The Morgan fingerprint density at radius 2 is 2.14 bits per heavy atom. The van der Waals surface area contributed by atoms with Gasteiger partial charge in [-0.2, -0.15) is 0 Å². The summed E-state index contributed by atoms with van der Waals surface area (Å²) in [6.45, 7) is 3.88. The van der Waals surface area contributed by atoms with E-state index in [1.54, 1.807) is 29.5 Å². The number of amides is 3. The smallest absolute Gasteiger partial charge is 0.325 e. The Morgan fingerprint density at radius 3 is 2.89 bits per heavy atom. The second-order valence-electron chi connectivity index (χ2n) is 7.15. The molecular formula is C21H22N2O4S. The highest BCUT2D eigenvalue weighted by atomic mass is 32.1. The SMILES string of the molecule is CCOc1ccc(C(C)=O)cc1CN1C(=O)N[C@@]2(CCCc3sccc32)C1=O. The average Bonchev–Trinajstić information content (AvgIpc) is 3.24. The van der Waals surface area contributed by atoms with Gasteiger partial charge in [-0.1, -0.05) is 0 Å². The molecular weight excluding hydrogens is 376 g/mol. The van der Waals surface area contributed by atoms with Crippen LogP contribution in [0.3, 0.4) is 0 Å². The number of nitrogens with zero attached hydrogens (tertiary/aromatic N) is 1. The van der Waals surface area contributed by atoms with E-state index in [4.69, 9.17) is 4.74 Å². The number of urea groups is 1. The van der Waals surface area contributed by atoms with Crippen molar-refractivity contribution in [3.05, 3.63) is 51.2 Å². The van der Waals surface area contributed by atoms with Crippen LogP contribution in [-0.4, -0.2) is 29.2 Å². The summed E-state index contributed by atoms with van der Waals surface area (Å²) in [5, 5.41) is 4.93. The van der Waals surface area contributed by atoms with E-state index in [9.17, 15) is 14.4 Å². The van der Waals surface area contributed by atoms with Gasteiger partial charge < -0.3 is 10.1 Å². The van der Waals surface area contributed by atoms with Crippen molar-refractivity contribution in [2.24, 2.45) is 0 Å². The first-order valence-corrected chi connectivity index (χ1v) is 10.3. The molecule has 0 saturated carbocycles. The summed E-state index contributed by atoms with van der Waals surface area (Å²) in [5.41, 5.74) is 1.14. The van der Waals surface area contributed by atoms with Crippen LogP contribution in [0, 0.1) is 0 Å². The van der Waals surface area contributed by atoms with Crippen LogP contribution in [0.15, 0.2) is 29.6 Å². The number of rotatable bonds is 5. The van der Waals surface area contributed by atoms with E-state index in [1.807, 2.05) is 18.4 Å². The van der Waals surface area contributed by atoms with E-state index >= 15 is 0 Å². The van der Waals surface area contributed by atoms with Crippen LogP contribution in [0.25, 0.3) is 0 Å². The van der Waals surface area contributed by atoms with Gasteiger partial charge in [-0.15, -0.1) is 11.3 Å². The van der Waals surface area contributed by atoms with Crippen molar-refractivity contribution in [3.63, 3.8) is 0 Å². The molecule has 1 aromatic heterocycles. The second kappa shape index (κ2) is 7.05. The van der Waals surface area contributed by atoms with Crippen molar-refractivity contribution in [3.8, 4) is 5.75 Å². The number of hydrogen-bond donors (Lipinski definition) is 1. The van der Waals surface area contributed by atoms with Gasteiger partial charge in [0.05, 0.1) is 13.2 Å². The summed E-state index contributed by atoms with van der Waals surface area (Å²) >= 11 is 1.63. The van der Waals surface area contributed by atoms with Crippen LogP contribution < -0.4 is 10.1 Å². The van der Waals surface area contributed by atoms with Crippen molar-refractivity contribution < 1.29 is 19.1 Å². The van der Waals surface area contributed by atoms with Crippen molar-refractivity contribution in [2.75, 3.05) is 6.61 Å². The van der Waals surface area contributed by atoms with Crippen molar-refractivity contribution in [1.29, 1.82) is 0 Å². The number of Topliss-reactive ketones (excluding diaryl/α,β-unsaturated/α-hetero) is 1. The molecule has 2 heterocycles. The lowest BCUT2D eigenvalue weighted by Crippen LogP contribution is -2.46. The molecule has 0 radical (unpaired) electrons. The minimum atomic E-state index is -0.964. The number of hydrogen-bond acceptors (Lipinski definition) is 5. The molecule has 1 aromatic carbocycles. The molecule has 3 amide bonds. The Kier molecular flexibility index (Phi) is 4.71. The maximum absolute atomic E-state index is 13.4. The molecule has 2 aromatic rings. The molecule has 0 unspecified atom stereocenters. The Morgan fingerprint density at radius 1 is 1.32 bits per heavy atom. The van der Waals surface area contributed by atoms with Gasteiger partial charge in [0.1, 0.15) is 11.3 Å². The third-order valence-corrected chi connectivity index (χ3v) is 6.41. The van der Waals surface area contributed by atoms with E-state index in [2.05, 4.69) is 5.32 Å². The number of thiophene rings is 1. The summed E-state index contributed by atoms with van der Waals surface area (Å²) in [6, 6.07) is 6.67. The fraction of sp³-hybridized carbons (Fsp3) is 0.381. The molecule has 1 saturated heterocycles. The minimum Gasteiger partial charge on any atom is -0.494 e. The van der Waals surface area contributed by atoms with E-state index in [-0.39, 0.29) is 18.2 Å². The average molecular weight is 398 g/mol. The van der Waals surface area contributed by atoms with E-state index in [0.29, 0.717) is 29.9 Å². The van der Waals surface area contributed by atoms with Crippen LogP contribution in [0.4, 0.5) is 4.79 Å². The Hall–Kier alpha value is -2.67. The molecule has 1 atom stereocenters. The number of carbonyl (C=O) groups excluding carboxylic acids is 3. The number of fused-ring (bicyclic) bond motifs is 2. The Bertz CT molecular complexity index is 967. The maximum atomic E-state index is 13.4. The Balaban J connectivity index is 1.69. The molecule has 28 heavy (non-hydrogen) atoms. The van der Waals surface area contributed by atoms with Crippen LogP contribution >= 0.6 is 11.3 Å². The predicted molar refractivity (Wildman–Crippen MR) is 106 cm³/mol. The third kappa shape index (κ3) is 2.90. The standard InChI is InChI=1S/C21H22N2O4S/c1-3-27-17-7-6-14(13(2)24)11-15(17)12-23-19(25)21(22-20(23)26)9-4-5-18-16(21)8-10-28-18/h6-8,10-11H,3-5,9,12H2,1-2H3,(H,22,26)/t21-/m1/s1. The summed E-state index contributed by atoms with van der Waals surface area (Å²) in [4.78, 5) is 40.3. The zero-order valence-corrected chi connectivity index (χ0v) is 16.7. The van der Waals surface area contributed by atoms with E-state index < -0.39 is 11.6 Å². The van der Waals surface area contributed by atoms with Gasteiger partial charge in [0.15, 0.2) is 5.78 Å². The molecule has 0 bridgehead atoms. The number of aryl methyl sites for hydroxylation is 1. The van der Waals surface area contributed by atoms with Crippen molar-refractivity contribution >= 4 is 29.1 Å². The molecule has 1 spiro atoms. The highest BCUT2D eigenvalue weighted by Crippen LogP contribution is 2.42. The first kappa shape index (κ1) is 18.7. The van der Waals surface area contributed by atoms with E-state index in [0.717, 1.165) is 23.3 Å². The molecule has 4 rings (SSSR count). The molecule has 1 N–H and O–H groups in total. The predicted octanol–water partition coefficient (Wildman–Crippen LogP) is 3.63. The monoisotopic (exact) mass is 398 g/mol. The molecule has 1 aliphatic carbocycles. The lowest BCUT2D eigenvalue weighted by molar-refractivity contribution is -0.132. The lowest BCUT2D eigenvalue weighted by Gasteiger charge is -2.31. The summed E-state index contributed by atoms with van der Waals surface area (Å²) < 4.78 is 5.65. The fourth-order valence-corrected chi connectivity index (χ4v) is 5.07. The topological polar surface area (TPSA) is 75.7 Å². The molecule has 146 valence electrons. The van der Waals surface area contributed by atoms with Gasteiger partial charge in [0.25, 0.3) is 5.91 Å². The van der Waals surface area contributed by atoms with Crippen LogP contribution in [-0.2, 0) is 23.3 Å². The van der Waals surface area contributed by atoms with Gasteiger partial charge in [-0.3, -0.25) is 14.5 Å². The highest BCUT2D eigenvalue weighted by molar-refractivity contribution is 7.10.